The van der Waals surface area contributed by atoms with Gasteiger partial charge in [-0.15, -0.1) is 0 Å². The maximum absolute atomic E-state index is 5.68. The fraction of sp³-hybridized carbons (Fsp3) is 0.571. The minimum absolute atomic E-state index is 0.200. The normalized spacial score (nSPS) is 12.5. The van der Waals surface area contributed by atoms with Crippen molar-refractivity contribution < 1.29 is 4.74 Å². The van der Waals surface area contributed by atoms with Gasteiger partial charge in [-0.2, -0.15) is 11.8 Å². The zero-order chi connectivity index (χ0) is 13.5. The molecule has 0 amide bonds. The smallest absolute Gasteiger partial charge is 0.122 e. The van der Waals surface area contributed by atoms with Gasteiger partial charge in [-0.05, 0) is 48.8 Å². The van der Waals surface area contributed by atoms with E-state index in [0.717, 1.165) is 17.1 Å². The number of hydrogen-bond acceptors (Lipinski definition) is 4. The van der Waals surface area contributed by atoms with Gasteiger partial charge in [-0.1, -0.05) is 13.0 Å². The quantitative estimate of drug-likeness (QED) is 0.453. The summed E-state index contributed by atoms with van der Waals surface area (Å²) in [4.78, 5) is 0. The average Bonchev–Trinajstić information content (AvgIpc) is 2.37. The third-order valence-electron chi connectivity index (χ3n) is 2.99. The number of aryl methyl sites for hydroxylation is 2. The molecule has 1 aromatic carbocycles. The lowest BCUT2D eigenvalue weighted by atomic mass is 9.99. The number of ether oxygens (including phenoxy) is 1. The number of methoxy groups -OCH3 is 1. The van der Waals surface area contributed by atoms with Crippen LogP contribution in [-0.2, 0) is 0 Å². The van der Waals surface area contributed by atoms with E-state index in [2.05, 4.69) is 38.3 Å². The Hall–Kier alpha value is -0.710. The number of nitrogens with two attached hydrogens (primary N) is 1. The molecular weight excluding hydrogens is 244 g/mol. The molecule has 1 rings (SSSR count). The van der Waals surface area contributed by atoms with Crippen LogP contribution in [0.15, 0.2) is 12.1 Å². The van der Waals surface area contributed by atoms with Gasteiger partial charge in [0.2, 0.25) is 0 Å². The van der Waals surface area contributed by atoms with Crippen molar-refractivity contribution in [3.63, 3.8) is 0 Å². The second-order valence-corrected chi connectivity index (χ2v) is 5.62. The van der Waals surface area contributed by atoms with Gasteiger partial charge in [0, 0.05) is 5.75 Å². The minimum Gasteiger partial charge on any atom is -0.496 e. The lowest BCUT2D eigenvalue weighted by molar-refractivity contribution is 0.411. The van der Waals surface area contributed by atoms with E-state index in [9.17, 15) is 0 Å². The molecule has 3 nitrogen and oxygen atoms in total. The van der Waals surface area contributed by atoms with Crippen LogP contribution in [0.3, 0.4) is 0 Å². The second-order valence-electron chi connectivity index (χ2n) is 4.47. The molecule has 0 saturated heterocycles. The van der Waals surface area contributed by atoms with E-state index < -0.39 is 0 Å². The van der Waals surface area contributed by atoms with Gasteiger partial charge in [-0.3, -0.25) is 11.3 Å². The Morgan fingerprint density at radius 2 is 2.06 bits per heavy atom. The number of nitrogens with one attached hydrogen (secondary N) is 1. The van der Waals surface area contributed by atoms with Gasteiger partial charge in [0.1, 0.15) is 5.75 Å². The maximum atomic E-state index is 5.68. The molecule has 18 heavy (non-hydrogen) atoms. The first-order valence-corrected chi connectivity index (χ1v) is 7.48. The molecule has 4 heteroatoms. The summed E-state index contributed by atoms with van der Waals surface area (Å²) in [5.74, 6) is 8.79. The summed E-state index contributed by atoms with van der Waals surface area (Å²) >= 11 is 1.93. The highest BCUT2D eigenvalue weighted by Crippen LogP contribution is 2.28. The third-order valence-corrected chi connectivity index (χ3v) is 4.26. The van der Waals surface area contributed by atoms with Gasteiger partial charge in [0.05, 0.1) is 13.2 Å². The van der Waals surface area contributed by atoms with Crippen molar-refractivity contribution >= 4 is 11.8 Å². The predicted octanol–water partition coefficient (Wildman–Crippen LogP) is 2.96. The highest BCUT2D eigenvalue weighted by molar-refractivity contribution is 7.99. The van der Waals surface area contributed by atoms with Crippen LogP contribution in [0.4, 0.5) is 0 Å². The first kappa shape index (κ1) is 15.3. The fourth-order valence-electron chi connectivity index (χ4n) is 1.98. The highest BCUT2D eigenvalue weighted by atomic mass is 32.2. The number of benzene rings is 1. The van der Waals surface area contributed by atoms with E-state index in [4.69, 9.17) is 10.6 Å². The molecule has 1 atom stereocenters. The van der Waals surface area contributed by atoms with E-state index >= 15 is 0 Å². The first-order chi connectivity index (χ1) is 8.63. The molecule has 0 aliphatic heterocycles. The summed E-state index contributed by atoms with van der Waals surface area (Å²) in [5.41, 5.74) is 6.56. The van der Waals surface area contributed by atoms with Gasteiger partial charge < -0.3 is 4.74 Å². The molecule has 102 valence electrons. The summed E-state index contributed by atoms with van der Waals surface area (Å²) in [6.45, 7) is 6.36. The van der Waals surface area contributed by atoms with E-state index in [0.29, 0.717) is 0 Å². The Bertz CT molecular complexity index is 382. The van der Waals surface area contributed by atoms with Crippen molar-refractivity contribution in [3.05, 3.63) is 28.8 Å². The molecule has 0 aliphatic carbocycles. The first-order valence-electron chi connectivity index (χ1n) is 6.33. The van der Waals surface area contributed by atoms with Crippen LogP contribution in [0.2, 0.25) is 0 Å². The van der Waals surface area contributed by atoms with Gasteiger partial charge in [0.25, 0.3) is 0 Å². The summed E-state index contributed by atoms with van der Waals surface area (Å²) in [6.07, 6.45) is 1.20. The van der Waals surface area contributed by atoms with Gasteiger partial charge >= 0.3 is 0 Å². The summed E-state index contributed by atoms with van der Waals surface area (Å²) in [5, 5.41) is 0. The van der Waals surface area contributed by atoms with Crippen LogP contribution in [0.1, 0.15) is 36.1 Å². The van der Waals surface area contributed by atoms with Crippen molar-refractivity contribution in [1.82, 2.24) is 5.43 Å². The van der Waals surface area contributed by atoms with Crippen molar-refractivity contribution in [3.8, 4) is 5.75 Å². The Morgan fingerprint density at radius 1 is 1.33 bits per heavy atom. The van der Waals surface area contributed by atoms with Gasteiger partial charge in [-0.25, -0.2) is 0 Å². The van der Waals surface area contributed by atoms with Crippen LogP contribution in [0, 0.1) is 13.8 Å². The number of thioether (sulfide) groups is 1. The van der Waals surface area contributed by atoms with Crippen LogP contribution in [0.5, 0.6) is 5.75 Å². The molecule has 0 fully saturated rings. The van der Waals surface area contributed by atoms with Crippen LogP contribution in [0.25, 0.3) is 0 Å². The molecule has 0 spiro atoms. The topological polar surface area (TPSA) is 47.3 Å². The highest BCUT2D eigenvalue weighted by Gasteiger charge is 2.14. The number of rotatable bonds is 7. The molecule has 1 aromatic rings. The lowest BCUT2D eigenvalue weighted by Crippen LogP contribution is -2.30. The average molecular weight is 268 g/mol. The van der Waals surface area contributed by atoms with E-state index in [1.165, 1.54) is 23.3 Å². The van der Waals surface area contributed by atoms with E-state index in [1.54, 1.807) is 7.11 Å². The van der Waals surface area contributed by atoms with E-state index in [1.807, 2.05) is 11.8 Å². The molecule has 1 unspecified atom stereocenters. The number of hydrogen-bond donors (Lipinski definition) is 2. The molecule has 0 aromatic heterocycles. The number of hydrazine groups is 1. The zero-order valence-electron chi connectivity index (χ0n) is 11.7. The molecule has 3 N–H and O–H groups in total. The van der Waals surface area contributed by atoms with Crippen molar-refractivity contribution in [2.45, 2.75) is 33.2 Å². The molecule has 0 aliphatic rings. The zero-order valence-corrected chi connectivity index (χ0v) is 12.6. The van der Waals surface area contributed by atoms with Crippen molar-refractivity contribution in [1.29, 1.82) is 0 Å². The molecule has 0 radical (unpaired) electrons. The fourth-order valence-corrected chi connectivity index (χ4v) is 2.95. The summed E-state index contributed by atoms with van der Waals surface area (Å²) in [7, 11) is 1.71. The van der Waals surface area contributed by atoms with Crippen molar-refractivity contribution in [2.75, 3.05) is 18.6 Å². The SMILES string of the molecule is CCCSCC(NN)c1cc(C)c(OC)cc1C. The summed E-state index contributed by atoms with van der Waals surface area (Å²) < 4.78 is 5.34. The van der Waals surface area contributed by atoms with E-state index in [-0.39, 0.29) is 6.04 Å². The summed E-state index contributed by atoms with van der Waals surface area (Å²) in [6, 6.07) is 4.45. The Morgan fingerprint density at radius 3 is 2.61 bits per heavy atom. The predicted molar refractivity (Wildman–Crippen MR) is 80.1 cm³/mol. The Kier molecular flexibility index (Phi) is 6.54. The monoisotopic (exact) mass is 268 g/mol. The second kappa shape index (κ2) is 7.67. The minimum atomic E-state index is 0.200. The van der Waals surface area contributed by atoms with Crippen molar-refractivity contribution in [2.24, 2.45) is 5.84 Å². The molecular formula is C14H24N2OS. The van der Waals surface area contributed by atoms with Crippen LogP contribution < -0.4 is 16.0 Å². The lowest BCUT2D eigenvalue weighted by Gasteiger charge is -2.20. The molecule has 0 heterocycles. The Balaban J connectivity index is 2.88. The largest absolute Gasteiger partial charge is 0.496 e. The Labute approximate surface area is 114 Å². The standard InChI is InChI=1S/C14H24N2OS/c1-5-6-18-9-13(16-15)12-7-11(3)14(17-4)8-10(12)2/h7-8,13,16H,5-6,9,15H2,1-4H3. The van der Waals surface area contributed by atoms with Crippen LogP contribution >= 0.6 is 11.8 Å². The molecule has 0 bridgehead atoms. The third kappa shape index (κ3) is 3.90. The molecule has 0 saturated carbocycles. The van der Waals surface area contributed by atoms with Crippen LogP contribution in [-0.4, -0.2) is 18.6 Å². The van der Waals surface area contributed by atoms with Gasteiger partial charge in [0.15, 0.2) is 0 Å². The maximum Gasteiger partial charge on any atom is 0.122 e.